The van der Waals surface area contributed by atoms with Crippen LogP contribution >= 0.6 is 23.5 Å². The summed E-state index contributed by atoms with van der Waals surface area (Å²) in [5, 5.41) is 42.3. The van der Waals surface area contributed by atoms with E-state index in [1.54, 1.807) is 84.2 Å². The summed E-state index contributed by atoms with van der Waals surface area (Å²) >= 11 is 3.19. The van der Waals surface area contributed by atoms with Crippen molar-refractivity contribution in [2.24, 2.45) is 10.8 Å². The molecule has 0 spiro atoms. The van der Waals surface area contributed by atoms with Crippen LogP contribution in [-0.2, 0) is 0 Å². The highest BCUT2D eigenvalue weighted by molar-refractivity contribution is 8.00. The number of nitrogens with zero attached hydrogens (tertiary/aromatic N) is 2. The Morgan fingerprint density at radius 2 is 1.03 bits per heavy atom. The third kappa shape index (κ3) is 9.60. The highest BCUT2D eigenvalue weighted by Crippen LogP contribution is 2.57. The number of hydrogen-bond donors (Lipinski definition) is 4. The van der Waals surface area contributed by atoms with Crippen molar-refractivity contribution in [2.75, 3.05) is 52.5 Å². The van der Waals surface area contributed by atoms with Gasteiger partial charge in [0.25, 0.3) is 0 Å². The molecule has 12 heteroatoms. The van der Waals surface area contributed by atoms with E-state index in [2.05, 4.69) is 61.8 Å². The fraction of sp³-hybridized carbons (Fsp3) is 0.333. The number of phenolic OH excluding ortho intramolecular Hbond substituents is 4. The van der Waals surface area contributed by atoms with Crippen molar-refractivity contribution in [1.29, 1.82) is 0 Å². The maximum atomic E-state index is 11.7. The van der Waals surface area contributed by atoms with Crippen LogP contribution in [0.5, 0.6) is 46.0 Å². The third-order valence-electron chi connectivity index (χ3n) is 12.7. The molecule has 0 aromatic heterocycles. The number of ether oxygens (including phenoxy) is 4. The van der Waals surface area contributed by atoms with Gasteiger partial charge in [-0.1, -0.05) is 58.0 Å². The average Bonchev–Trinajstić information content (AvgIpc) is 3.27. The van der Waals surface area contributed by atoms with Crippen LogP contribution in [0.2, 0.25) is 0 Å². The topological polar surface area (TPSA) is 124 Å². The van der Waals surface area contributed by atoms with Gasteiger partial charge in [-0.05, 0) is 130 Å². The molecule has 4 aliphatic heterocycles. The summed E-state index contributed by atoms with van der Waals surface area (Å²) in [7, 11) is 0. The zero-order valence-corrected chi connectivity index (χ0v) is 39.3. The second kappa shape index (κ2) is 17.9. The van der Waals surface area contributed by atoms with Crippen LogP contribution in [0.15, 0.2) is 131 Å². The molecule has 10 rings (SSSR count). The minimum absolute atomic E-state index is 0.0947. The summed E-state index contributed by atoms with van der Waals surface area (Å²) < 4.78 is 26.4. The first-order valence-electron chi connectivity index (χ1n) is 22.6. The lowest BCUT2D eigenvalue weighted by molar-refractivity contribution is 0.0212. The van der Waals surface area contributed by atoms with E-state index in [0.29, 0.717) is 41.3 Å². The molecule has 0 saturated carbocycles. The minimum Gasteiger partial charge on any atom is -0.508 e. The molecule has 4 aliphatic rings. The molecule has 0 bridgehead atoms. The van der Waals surface area contributed by atoms with Gasteiger partial charge >= 0.3 is 0 Å². The van der Waals surface area contributed by atoms with Gasteiger partial charge in [0.1, 0.15) is 71.4 Å². The number of fused-ring (bicyclic) bond motifs is 2. The lowest BCUT2D eigenvalue weighted by Gasteiger charge is -2.45. The van der Waals surface area contributed by atoms with E-state index >= 15 is 0 Å². The second-order valence-corrected chi connectivity index (χ2v) is 22.0. The number of phenols is 4. The molecule has 2 saturated heterocycles. The van der Waals surface area contributed by atoms with Crippen molar-refractivity contribution in [1.82, 2.24) is 9.80 Å². The predicted octanol–water partition coefficient (Wildman–Crippen LogP) is 11.6. The van der Waals surface area contributed by atoms with Crippen molar-refractivity contribution in [2.45, 2.75) is 60.2 Å². The van der Waals surface area contributed by atoms with Gasteiger partial charge in [0.05, 0.1) is 20.3 Å². The van der Waals surface area contributed by atoms with Crippen LogP contribution in [0, 0.1) is 10.8 Å². The number of likely N-dealkylation sites (tertiary alicyclic amines) is 2. The average molecular weight is 925 g/mol. The number of hydrogen-bond acceptors (Lipinski definition) is 12. The molecule has 0 amide bonds. The maximum absolute atomic E-state index is 11.7. The largest absolute Gasteiger partial charge is 0.508 e. The Labute approximate surface area is 395 Å². The molecule has 66 heavy (non-hydrogen) atoms. The Hall–Kier alpha value is -5.66. The van der Waals surface area contributed by atoms with Crippen molar-refractivity contribution in [3.8, 4) is 57.1 Å². The highest BCUT2D eigenvalue weighted by Gasteiger charge is 2.38. The SMILES string of the molecule is CC1(C)CN(CCOc2ccc([C@@H]3Oc4ccc(O)cc4S[C@@H]3c3cc(O)cc(-c4cc([C@@H]5Oc6ccc(O)cc6S[C@@H]5c5ccc(O)cc5)ccc4OCCN4CC(C)(C)C4)c3)cc2)C1. The summed E-state index contributed by atoms with van der Waals surface area (Å²) in [5.41, 5.74) is 5.87. The zero-order chi connectivity index (χ0) is 45.7. The molecule has 0 radical (unpaired) electrons. The molecule has 4 atom stereocenters. The molecule has 342 valence electrons. The normalized spacial score (nSPS) is 21.8. The molecule has 6 aromatic rings. The number of rotatable bonds is 13. The molecule has 6 aromatic carbocycles. The molecular formula is C54H56N2O8S2. The molecule has 4 N–H and O–H groups in total. The monoisotopic (exact) mass is 924 g/mol. The molecule has 0 aliphatic carbocycles. The fourth-order valence-corrected chi connectivity index (χ4v) is 12.4. The van der Waals surface area contributed by atoms with E-state index in [1.807, 2.05) is 36.4 Å². The van der Waals surface area contributed by atoms with E-state index in [4.69, 9.17) is 18.9 Å². The van der Waals surface area contributed by atoms with Gasteiger partial charge in [-0.3, -0.25) is 9.80 Å². The van der Waals surface area contributed by atoms with Crippen molar-refractivity contribution < 1.29 is 39.4 Å². The van der Waals surface area contributed by atoms with Crippen molar-refractivity contribution in [3.05, 3.63) is 144 Å². The molecule has 2 fully saturated rings. The van der Waals surface area contributed by atoms with Gasteiger partial charge in [-0.25, -0.2) is 0 Å². The van der Waals surface area contributed by atoms with Crippen molar-refractivity contribution >= 4 is 23.5 Å². The highest BCUT2D eigenvalue weighted by atomic mass is 32.2. The minimum atomic E-state index is -0.463. The van der Waals surface area contributed by atoms with Crippen LogP contribution in [0.4, 0.5) is 0 Å². The molecule has 0 unspecified atom stereocenters. The van der Waals surface area contributed by atoms with Gasteiger partial charge in [0, 0.05) is 44.8 Å². The summed E-state index contributed by atoms with van der Waals surface area (Å²) in [6.07, 6.45) is -0.907. The van der Waals surface area contributed by atoms with Crippen LogP contribution in [0.1, 0.15) is 72.7 Å². The van der Waals surface area contributed by atoms with E-state index in [9.17, 15) is 20.4 Å². The van der Waals surface area contributed by atoms with Gasteiger partial charge in [-0.2, -0.15) is 0 Å². The summed E-state index contributed by atoms with van der Waals surface area (Å²) in [4.78, 5) is 6.43. The second-order valence-electron chi connectivity index (χ2n) is 19.6. The molecule has 4 heterocycles. The van der Waals surface area contributed by atoms with Gasteiger partial charge in [-0.15, -0.1) is 23.5 Å². The van der Waals surface area contributed by atoms with E-state index in [0.717, 1.165) is 88.2 Å². The lowest BCUT2D eigenvalue weighted by Crippen LogP contribution is -2.53. The molecular weight excluding hydrogens is 869 g/mol. The lowest BCUT2D eigenvalue weighted by atomic mass is 9.84. The zero-order valence-electron chi connectivity index (χ0n) is 37.6. The smallest absolute Gasteiger partial charge is 0.140 e. The van der Waals surface area contributed by atoms with Gasteiger partial charge in [0.2, 0.25) is 0 Å². The summed E-state index contributed by atoms with van der Waals surface area (Å²) in [6, 6.07) is 37.4. The maximum Gasteiger partial charge on any atom is 0.140 e. The van der Waals surface area contributed by atoms with Gasteiger partial charge in [0.15, 0.2) is 0 Å². The molecule has 10 nitrogen and oxygen atoms in total. The summed E-state index contributed by atoms with van der Waals surface area (Å²) in [6.45, 7) is 16.1. The van der Waals surface area contributed by atoms with E-state index < -0.39 is 12.2 Å². The Kier molecular flexibility index (Phi) is 12.0. The first-order chi connectivity index (χ1) is 31.7. The van der Waals surface area contributed by atoms with Crippen LogP contribution in [0.25, 0.3) is 11.1 Å². The first-order valence-corrected chi connectivity index (χ1v) is 24.4. The summed E-state index contributed by atoms with van der Waals surface area (Å²) in [5.74, 6) is 3.39. The quantitative estimate of drug-likeness (QED) is 0.0881. The Morgan fingerprint density at radius 1 is 0.515 bits per heavy atom. The van der Waals surface area contributed by atoms with Crippen LogP contribution in [0.3, 0.4) is 0 Å². The first kappa shape index (κ1) is 44.2. The van der Waals surface area contributed by atoms with Gasteiger partial charge < -0.3 is 39.4 Å². The Morgan fingerprint density at radius 3 is 1.62 bits per heavy atom. The predicted molar refractivity (Wildman–Crippen MR) is 260 cm³/mol. The third-order valence-corrected chi connectivity index (χ3v) is 15.4. The van der Waals surface area contributed by atoms with Crippen LogP contribution < -0.4 is 18.9 Å². The number of thioether (sulfide) groups is 2. The standard InChI is InChI=1S/C54H56N2O8S2/c1-53(2)29-55(30-53)19-21-61-42-14-7-33(8-15-42)49-52(66-48-28-40(59)12-17-45(48)63-49)37-23-36(24-41(60)25-37)43-26-35(9-16-44(43)62-22-20-56-31-54(3,4)32-56)50-51(34-5-10-38(57)11-6-34)65-47-27-39(58)13-18-46(47)64-50/h5-18,23-28,49-52,57-60H,19-22,29-32H2,1-4H3/t49-,50-,51+,52+/m0/s1. The van der Waals surface area contributed by atoms with E-state index in [-0.39, 0.29) is 33.5 Å². The van der Waals surface area contributed by atoms with Crippen LogP contribution in [-0.4, -0.2) is 82.7 Å². The Bertz CT molecular complexity index is 2710. The van der Waals surface area contributed by atoms with Crippen molar-refractivity contribution in [3.63, 3.8) is 0 Å². The number of benzene rings is 6. The Balaban J connectivity index is 0.998. The number of aromatic hydroxyl groups is 4. The van der Waals surface area contributed by atoms with E-state index in [1.165, 1.54) is 0 Å². The fourth-order valence-electron chi connectivity index (χ4n) is 9.81.